The van der Waals surface area contributed by atoms with Gasteiger partial charge in [-0.15, -0.1) is 5.10 Å². The number of amides is 2. The van der Waals surface area contributed by atoms with Crippen LogP contribution in [0.2, 0.25) is 0 Å². The molecule has 9 heteroatoms. The summed E-state index contributed by atoms with van der Waals surface area (Å²) in [5.41, 5.74) is 0. The topological polar surface area (TPSA) is 103 Å². The van der Waals surface area contributed by atoms with Gasteiger partial charge in [0.15, 0.2) is 0 Å². The molecule has 0 saturated carbocycles. The van der Waals surface area contributed by atoms with Crippen molar-refractivity contribution < 1.29 is 4.79 Å². The first-order valence-electron chi connectivity index (χ1n) is 7.76. The monoisotopic (exact) mass is 335 g/mol. The van der Waals surface area contributed by atoms with Gasteiger partial charge in [0.1, 0.15) is 11.6 Å². The molecule has 0 aliphatic carbocycles. The second-order valence-electron chi connectivity index (χ2n) is 5.54. The summed E-state index contributed by atoms with van der Waals surface area (Å²) in [6.07, 6.45) is 5.66. The van der Waals surface area contributed by atoms with Crippen LogP contribution in [0.25, 0.3) is 0 Å². The minimum atomic E-state index is -0.00646. The van der Waals surface area contributed by atoms with Crippen LogP contribution >= 0.6 is 11.8 Å². The maximum absolute atomic E-state index is 12.3. The highest BCUT2D eigenvalue weighted by atomic mass is 32.2. The number of aromatic amines is 2. The lowest BCUT2D eigenvalue weighted by atomic mass is 9.98. The smallest absolute Gasteiger partial charge is 0.317 e. The van der Waals surface area contributed by atoms with E-state index in [1.807, 2.05) is 18.0 Å². The van der Waals surface area contributed by atoms with E-state index in [0.717, 1.165) is 36.8 Å². The van der Waals surface area contributed by atoms with E-state index in [4.69, 9.17) is 0 Å². The third-order valence-corrected chi connectivity index (χ3v) is 4.65. The van der Waals surface area contributed by atoms with E-state index >= 15 is 0 Å². The second-order valence-corrected chi connectivity index (χ2v) is 6.61. The molecule has 124 valence electrons. The van der Waals surface area contributed by atoms with Gasteiger partial charge in [0, 0.05) is 43.7 Å². The quantitative estimate of drug-likeness (QED) is 0.568. The molecule has 23 heavy (non-hydrogen) atoms. The summed E-state index contributed by atoms with van der Waals surface area (Å²) in [4.78, 5) is 25.8. The zero-order valence-electron chi connectivity index (χ0n) is 13.1. The summed E-state index contributed by atoms with van der Waals surface area (Å²) in [5, 5.41) is 10.5. The van der Waals surface area contributed by atoms with Crippen LogP contribution in [0.5, 0.6) is 0 Å². The van der Waals surface area contributed by atoms with Gasteiger partial charge in [-0.25, -0.2) is 14.8 Å². The van der Waals surface area contributed by atoms with E-state index in [9.17, 15) is 4.79 Å². The number of nitrogens with zero attached hydrogens (tertiary/aromatic N) is 4. The standard InChI is InChI=1S/C14H21N7OS/c1-10-18-13(20-19-10)23-8-6-17-14(22)21-7-2-3-11(9-21)12-15-4-5-16-12/h4-5,11H,2-3,6-9H2,1H3,(H,15,16)(H,17,22)(H,18,19,20)/t11-/m1/s1. The Morgan fingerprint density at radius 3 is 3.22 bits per heavy atom. The predicted octanol–water partition coefficient (Wildman–Crippen LogP) is 1.52. The maximum Gasteiger partial charge on any atom is 0.317 e. The first-order valence-corrected chi connectivity index (χ1v) is 8.75. The number of hydrogen-bond donors (Lipinski definition) is 3. The van der Waals surface area contributed by atoms with Crippen LogP contribution in [0.15, 0.2) is 17.6 Å². The Hall–Kier alpha value is -2.03. The maximum atomic E-state index is 12.3. The first kappa shape index (κ1) is 15.9. The average molecular weight is 335 g/mol. The van der Waals surface area contributed by atoms with Gasteiger partial charge >= 0.3 is 6.03 Å². The number of carbonyl (C=O) groups is 1. The summed E-state index contributed by atoms with van der Waals surface area (Å²) in [7, 11) is 0. The number of piperidine rings is 1. The number of imidazole rings is 1. The third kappa shape index (κ3) is 4.25. The number of rotatable bonds is 5. The van der Waals surface area contributed by atoms with Crippen molar-refractivity contribution in [3.05, 3.63) is 24.0 Å². The van der Waals surface area contributed by atoms with Crippen molar-refractivity contribution in [2.24, 2.45) is 0 Å². The van der Waals surface area contributed by atoms with Crippen LogP contribution in [0.4, 0.5) is 4.79 Å². The van der Waals surface area contributed by atoms with Crippen molar-refractivity contribution in [1.82, 2.24) is 35.4 Å². The molecule has 2 aromatic rings. The second kappa shape index (κ2) is 7.49. The summed E-state index contributed by atoms with van der Waals surface area (Å²) >= 11 is 1.53. The Labute approximate surface area is 138 Å². The highest BCUT2D eigenvalue weighted by Gasteiger charge is 2.25. The number of aryl methyl sites for hydroxylation is 1. The Morgan fingerprint density at radius 2 is 2.48 bits per heavy atom. The van der Waals surface area contributed by atoms with E-state index in [0.29, 0.717) is 24.2 Å². The summed E-state index contributed by atoms with van der Waals surface area (Å²) in [6.45, 7) is 3.98. The van der Waals surface area contributed by atoms with E-state index in [1.165, 1.54) is 11.8 Å². The van der Waals surface area contributed by atoms with Gasteiger partial charge in [-0.3, -0.25) is 5.10 Å². The average Bonchev–Trinajstić information content (AvgIpc) is 3.23. The highest BCUT2D eigenvalue weighted by molar-refractivity contribution is 7.99. The molecule has 1 saturated heterocycles. The van der Waals surface area contributed by atoms with Crippen LogP contribution in [0.3, 0.4) is 0 Å². The molecule has 1 aliphatic rings. The van der Waals surface area contributed by atoms with Gasteiger partial charge in [-0.05, 0) is 19.8 Å². The van der Waals surface area contributed by atoms with Crippen molar-refractivity contribution >= 4 is 17.8 Å². The first-order chi connectivity index (χ1) is 11.2. The molecule has 1 aliphatic heterocycles. The lowest BCUT2D eigenvalue weighted by Gasteiger charge is -2.31. The molecule has 0 aromatic carbocycles. The third-order valence-electron chi connectivity index (χ3n) is 3.80. The minimum absolute atomic E-state index is 0.00646. The number of carbonyl (C=O) groups excluding carboxylic acids is 1. The zero-order chi connectivity index (χ0) is 16.1. The van der Waals surface area contributed by atoms with Crippen LogP contribution in [0, 0.1) is 6.92 Å². The van der Waals surface area contributed by atoms with Gasteiger partial charge in [0.2, 0.25) is 5.16 Å². The normalized spacial score (nSPS) is 18.1. The Bertz CT molecular complexity index is 627. The number of thioether (sulfide) groups is 1. The largest absolute Gasteiger partial charge is 0.348 e. The zero-order valence-corrected chi connectivity index (χ0v) is 13.9. The fraction of sp³-hybridized carbons (Fsp3) is 0.571. The van der Waals surface area contributed by atoms with Gasteiger partial charge in [0.05, 0.1) is 0 Å². The van der Waals surface area contributed by atoms with Crippen LogP contribution in [-0.4, -0.2) is 61.5 Å². The van der Waals surface area contributed by atoms with E-state index in [1.54, 1.807) is 6.20 Å². The van der Waals surface area contributed by atoms with Crippen molar-refractivity contribution in [2.45, 2.75) is 30.8 Å². The number of urea groups is 1. The van der Waals surface area contributed by atoms with Crippen LogP contribution < -0.4 is 5.32 Å². The van der Waals surface area contributed by atoms with Crippen molar-refractivity contribution in [2.75, 3.05) is 25.4 Å². The molecule has 1 fully saturated rings. The van der Waals surface area contributed by atoms with E-state index in [2.05, 4.69) is 30.5 Å². The van der Waals surface area contributed by atoms with Crippen molar-refractivity contribution in [1.29, 1.82) is 0 Å². The fourth-order valence-electron chi connectivity index (χ4n) is 2.68. The molecule has 0 bridgehead atoms. The van der Waals surface area contributed by atoms with Gasteiger partial charge < -0.3 is 15.2 Å². The van der Waals surface area contributed by atoms with E-state index < -0.39 is 0 Å². The molecule has 3 heterocycles. The fourth-order valence-corrected chi connectivity index (χ4v) is 3.38. The molecule has 0 radical (unpaired) electrons. The molecular weight excluding hydrogens is 314 g/mol. The number of likely N-dealkylation sites (tertiary alicyclic amines) is 1. The Morgan fingerprint density at radius 1 is 1.57 bits per heavy atom. The molecule has 2 aromatic heterocycles. The SMILES string of the molecule is Cc1nc(SCCNC(=O)N2CCC[C@@H](c3ncc[nH]3)C2)n[nH]1. The number of nitrogens with one attached hydrogen (secondary N) is 3. The number of aromatic nitrogens is 5. The summed E-state index contributed by atoms with van der Waals surface area (Å²) < 4.78 is 0. The lowest BCUT2D eigenvalue weighted by molar-refractivity contribution is 0.179. The lowest BCUT2D eigenvalue weighted by Crippen LogP contribution is -2.45. The van der Waals surface area contributed by atoms with Crippen LogP contribution in [0.1, 0.15) is 30.4 Å². The van der Waals surface area contributed by atoms with Crippen molar-refractivity contribution in [3.8, 4) is 0 Å². The molecule has 3 N–H and O–H groups in total. The highest BCUT2D eigenvalue weighted by Crippen LogP contribution is 2.24. The molecule has 0 unspecified atom stereocenters. The summed E-state index contributed by atoms with van der Waals surface area (Å²) in [5.74, 6) is 2.82. The Kier molecular flexibility index (Phi) is 5.16. The van der Waals surface area contributed by atoms with E-state index in [-0.39, 0.29) is 6.03 Å². The van der Waals surface area contributed by atoms with Gasteiger partial charge in [-0.2, -0.15) is 0 Å². The minimum Gasteiger partial charge on any atom is -0.348 e. The Balaban J connectivity index is 1.41. The van der Waals surface area contributed by atoms with Crippen LogP contribution in [-0.2, 0) is 0 Å². The molecule has 2 amide bonds. The summed E-state index contributed by atoms with van der Waals surface area (Å²) in [6, 6.07) is -0.00646. The molecular formula is C14H21N7OS. The predicted molar refractivity (Wildman–Crippen MR) is 87.4 cm³/mol. The number of hydrogen-bond acceptors (Lipinski definition) is 5. The molecule has 1 atom stereocenters. The molecule has 0 spiro atoms. The molecule has 8 nitrogen and oxygen atoms in total. The molecule has 3 rings (SSSR count). The van der Waals surface area contributed by atoms with Gasteiger partial charge in [-0.1, -0.05) is 11.8 Å². The number of H-pyrrole nitrogens is 2. The van der Waals surface area contributed by atoms with Crippen molar-refractivity contribution in [3.63, 3.8) is 0 Å². The van der Waals surface area contributed by atoms with Gasteiger partial charge in [0.25, 0.3) is 0 Å².